The molecule has 1 aromatic rings. The second-order valence-corrected chi connectivity index (χ2v) is 3.62. The highest BCUT2D eigenvalue weighted by molar-refractivity contribution is 14.1. The molecule has 3 nitrogen and oxygen atoms in total. The lowest BCUT2D eigenvalue weighted by Crippen LogP contribution is -2.01. The van der Waals surface area contributed by atoms with Gasteiger partial charge in [-0.25, -0.2) is 9.38 Å². The van der Waals surface area contributed by atoms with E-state index >= 15 is 0 Å². The molecule has 0 fully saturated rings. The molecule has 0 aliphatic carbocycles. The number of benzene rings is 1. The van der Waals surface area contributed by atoms with Crippen LogP contribution < -0.4 is 0 Å². The third kappa shape index (κ3) is 1.60. The predicted molar refractivity (Wildman–Crippen MR) is 55.4 cm³/mol. The van der Waals surface area contributed by atoms with Crippen LogP contribution in [0.5, 0.6) is 0 Å². The van der Waals surface area contributed by atoms with Crippen molar-refractivity contribution < 1.29 is 4.39 Å². The monoisotopic (exact) mass is 289 g/mol. The van der Waals surface area contributed by atoms with Crippen LogP contribution in [-0.2, 0) is 0 Å². The second-order valence-electron chi connectivity index (χ2n) is 2.46. The first-order valence-electron chi connectivity index (χ1n) is 3.65. The van der Waals surface area contributed by atoms with E-state index in [4.69, 9.17) is 0 Å². The zero-order chi connectivity index (χ0) is 9.26. The van der Waals surface area contributed by atoms with Gasteiger partial charge in [0.2, 0.25) is 0 Å². The molecule has 1 heterocycles. The largest absolute Gasteiger partial charge is 0.239 e. The molecule has 0 radical (unpaired) electrons. The summed E-state index contributed by atoms with van der Waals surface area (Å²) in [4.78, 5) is 3.97. The van der Waals surface area contributed by atoms with E-state index < -0.39 is 0 Å². The molecule has 1 aromatic carbocycles. The first kappa shape index (κ1) is 8.74. The van der Waals surface area contributed by atoms with E-state index in [0.717, 1.165) is 3.57 Å². The van der Waals surface area contributed by atoms with Crippen molar-refractivity contribution in [3.8, 4) is 0 Å². The summed E-state index contributed by atoms with van der Waals surface area (Å²) in [6.45, 7) is 0.305. The Labute approximate surface area is 87.9 Å². The maximum absolute atomic E-state index is 13.3. The number of nitrogens with zero attached hydrogens (tertiary/aromatic N) is 3. The van der Waals surface area contributed by atoms with Crippen molar-refractivity contribution in [2.75, 3.05) is 6.67 Å². The van der Waals surface area contributed by atoms with Crippen molar-refractivity contribution in [1.29, 1.82) is 0 Å². The zero-order valence-corrected chi connectivity index (χ0v) is 8.69. The highest BCUT2D eigenvalue weighted by atomic mass is 127. The van der Waals surface area contributed by atoms with Crippen LogP contribution in [0.25, 0.3) is 0 Å². The average molecular weight is 289 g/mol. The Morgan fingerprint density at radius 1 is 1.38 bits per heavy atom. The van der Waals surface area contributed by atoms with Gasteiger partial charge >= 0.3 is 0 Å². The molecule has 0 N–H and O–H groups in total. The van der Waals surface area contributed by atoms with Gasteiger partial charge in [0.15, 0.2) is 12.5 Å². The number of hydrogen-bond donors (Lipinski definition) is 0. The fraction of sp³-hybridized carbons (Fsp3) is 0.125. The van der Waals surface area contributed by atoms with Crippen molar-refractivity contribution in [2.45, 2.75) is 0 Å². The summed E-state index contributed by atoms with van der Waals surface area (Å²) >= 11 is 2.05. The minimum atomic E-state index is -0.300. The molecule has 0 unspecified atom stereocenters. The third-order valence-electron chi connectivity index (χ3n) is 1.64. The van der Waals surface area contributed by atoms with E-state index in [9.17, 15) is 4.39 Å². The SMILES string of the molecule is Fc1cccc(I)c1C1=NCN=N1. The Bertz CT molecular complexity index is 380. The van der Waals surface area contributed by atoms with Crippen LogP contribution in [0.15, 0.2) is 33.4 Å². The number of amidine groups is 1. The Hall–Kier alpha value is -0.850. The van der Waals surface area contributed by atoms with Gasteiger partial charge in [-0.15, -0.1) is 5.11 Å². The van der Waals surface area contributed by atoms with Crippen LogP contribution in [0.3, 0.4) is 0 Å². The van der Waals surface area contributed by atoms with Crippen LogP contribution in [-0.4, -0.2) is 12.5 Å². The van der Waals surface area contributed by atoms with E-state index in [1.807, 2.05) is 6.07 Å². The first-order valence-corrected chi connectivity index (χ1v) is 4.73. The fourth-order valence-electron chi connectivity index (χ4n) is 1.07. The van der Waals surface area contributed by atoms with Crippen LogP contribution in [0.1, 0.15) is 5.56 Å². The molecule has 66 valence electrons. The van der Waals surface area contributed by atoms with Crippen LogP contribution >= 0.6 is 22.6 Å². The molecule has 0 spiro atoms. The lowest BCUT2D eigenvalue weighted by molar-refractivity contribution is 0.624. The maximum Gasteiger partial charge on any atom is 0.182 e. The van der Waals surface area contributed by atoms with Crippen molar-refractivity contribution in [3.05, 3.63) is 33.1 Å². The smallest absolute Gasteiger partial charge is 0.182 e. The minimum Gasteiger partial charge on any atom is -0.239 e. The zero-order valence-electron chi connectivity index (χ0n) is 6.54. The summed E-state index contributed by atoms with van der Waals surface area (Å²) in [6, 6.07) is 4.87. The summed E-state index contributed by atoms with van der Waals surface area (Å²) < 4.78 is 14.1. The summed E-state index contributed by atoms with van der Waals surface area (Å²) in [5.41, 5.74) is 0.448. The number of azo groups is 1. The van der Waals surface area contributed by atoms with Gasteiger partial charge in [-0.3, -0.25) is 0 Å². The van der Waals surface area contributed by atoms with Crippen LogP contribution in [0.2, 0.25) is 0 Å². The normalized spacial score (nSPS) is 14.8. The van der Waals surface area contributed by atoms with E-state index in [0.29, 0.717) is 18.1 Å². The minimum absolute atomic E-state index is 0.300. The quantitative estimate of drug-likeness (QED) is 0.713. The number of halogens is 2. The Balaban J connectivity index is 2.56. The van der Waals surface area contributed by atoms with Gasteiger partial charge in [0.05, 0.1) is 5.56 Å². The average Bonchev–Trinajstić information content (AvgIpc) is 2.57. The summed E-state index contributed by atoms with van der Waals surface area (Å²) in [5.74, 6) is 0.0917. The van der Waals surface area contributed by atoms with Crippen LogP contribution in [0.4, 0.5) is 4.39 Å². The molecule has 13 heavy (non-hydrogen) atoms. The molecule has 2 rings (SSSR count). The maximum atomic E-state index is 13.3. The van der Waals surface area contributed by atoms with E-state index in [1.54, 1.807) is 6.07 Å². The van der Waals surface area contributed by atoms with Gasteiger partial charge < -0.3 is 0 Å². The van der Waals surface area contributed by atoms with Gasteiger partial charge in [0, 0.05) is 3.57 Å². The Kier molecular flexibility index (Phi) is 2.34. The van der Waals surface area contributed by atoms with Crippen LogP contribution in [0, 0.1) is 9.39 Å². The van der Waals surface area contributed by atoms with Gasteiger partial charge in [0.1, 0.15) is 5.82 Å². The molecule has 1 aliphatic heterocycles. The third-order valence-corrected chi connectivity index (χ3v) is 2.53. The Morgan fingerprint density at radius 2 is 2.23 bits per heavy atom. The van der Waals surface area contributed by atoms with E-state index in [2.05, 4.69) is 37.8 Å². The molecule has 5 heteroatoms. The molecule has 0 saturated heterocycles. The van der Waals surface area contributed by atoms with Crippen molar-refractivity contribution in [1.82, 2.24) is 0 Å². The number of aliphatic imine (C=N–C) groups is 1. The molecule has 0 bridgehead atoms. The predicted octanol–water partition coefficient (Wildman–Crippen LogP) is 2.60. The van der Waals surface area contributed by atoms with Gasteiger partial charge in [-0.1, -0.05) is 6.07 Å². The van der Waals surface area contributed by atoms with E-state index in [1.165, 1.54) is 6.07 Å². The molecule has 0 atom stereocenters. The summed E-state index contributed by atoms with van der Waals surface area (Å²) in [7, 11) is 0. The summed E-state index contributed by atoms with van der Waals surface area (Å²) in [6.07, 6.45) is 0. The number of hydrogen-bond acceptors (Lipinski definition) is 3. The molecule has 1 aliphatic rings. The van der Waals surface area contributed by atoms with Gasteiger partial charge in [-0.2, -0.15) is 5.11 Å². The first-order chi connectivity index (χ1) is 6.29. The fourth-order valence-corrected chi connectivity index (χ4v) is 1.78. The lowest BCUT2D eigenvalue weighted by Gasteiger charge is -2.01. The summed E-state index contributed by atoms with van der Waals surface area (Å²) in [5, 5.41) is 7.43. The van der Waals surface area contributed by atoms with Crippen molar-refractivity contribution in [3.63, 3.8) is 0 Å². The standard InChI is InChI=1S/C8H5FIN3/c9-5-2-1-3-6(10)7(5)8-11-4-12-13-8/h1-3H,4H2. The number of rotatable bonds is 1. The van der Waals surface area contributed by atoms with Crippen molar-refractivity contribution >= 4 is 28.4 Å². The van der Waals surface area contributed by atoms with Gasteiger partial charge in [0.25, 0.3) is 0 Å². The van der Waals surface area contributed by atoms with E-state index in [-0.39, 0.29) is 5.82 Å². The topological polar surface area (TPSA) is 37.1 Å². The molecule has 0 aromatic heterocycles. The lowest BCUT2D eigenvalue weighted by atomic mass is 10.2. The highest BCUT2D eigenvalue weighted by Gasteiger charge is 2.14. The van der Waals surface area contributed by atoms with Gasteiger partial charge in [-0.05, 0) is 34.7 Å². The second kappa shape index (κ2) is 3.49. The Morgan fingerprint density at radius 3 is 2.85 bits per heavy atom. The molecule has 0 amide bonds. The molecular formula is C8H5FIN3. The van der Waals surface area contributed by atoms with Crippen molar-refractivity contribution in [2.24, 2.45) is 15.2 Å². The highest BCUT2D eigenvalue weighted by Crippen LogP contribution is 2.19. The molecular weight excluding hydrogens is 284 g/mol. The molecule has 0 saturated carbocycles.